The maximum atomic E-state index is 12.1. The number of rotatable bonds is 5. The van der Waals surface area contributed by atoms with Crippen molar-refractivity contribution < 1.29 is 22.4 Å². The van der Waals surface area contributed by atoms with Gasteiger partial charge in [-0.05, 0) is 31.2 Å². The molecule has 2 rings (SSSR count). The van der Waals surface area contributed by atoms with Gasteiger partial charge in [0.15, 0.2) is 5.69 Å². The summed E-state index contributed by atoms with van der Waals surface area (Å²) in [5.74, 6) is -0.685. The number of oxazole rings is 1. The fourth-order valence-corrected chi connectivity index (χ4v) is 2.61. The van der Waals surface area contributed by atoms with E-state index < -0.39 is 16.0 Å². The summed E-state index contributed by atoms with van der Waals surface area (Å²) in [5.41, 5.74) is -0.106. The molecule has 1 aromatic carbocycles. The maximum Gasteiger partial charge on any atom is 0.360 e. The summed E-state index contributed by atoms with van der Waals surface area (Å²) in [6.45, 7) is 1.83. The minimum atomic E-state index is -3.83. The third-order valence-corrected chi connectivity index (χ3v) is 4.20. The van der Waals surface area contributed by atoms with Crippen LogP contribution in [0.4, 0.5) is 6.01 Å². The smallest absolute Gasteiger partial charge is 0.360 e. The molecule has 2 aromatic rings. The van der Waals surface area contributed by atoms with Crippen molar-refractivity contribution >= 4 is 37.9 Å². The third kappa shape index (κ3) is 3.82. The van der Waals surface area contributed by atoms with Crippen LogP contribution in [-0.4, -0.2) is 26.0 Å². The van der Waals surface area contributed by atoms with Crippen LogP contribution in [0.1, 0.15) is 17.4 Å². The van der Waals surface area contributed by atoms with Gasteiger partial charge in [0.2, 0.25) is 0 Å². The second-order valence-corrected chi connectivity index (χ2v) is 6.42. The average Bonchev–Trinajstić information content (AvgIpc) is 2.87. The molecule has 1 N–H and O–H groups in total. The lowest BCUT2D eigenvalue weighted by Crippen LogP contribution is -2.13. The zero-order valence-corrected chi connectivity index (χ0v) is 13.3. The van der Waals surface area contributed by atoms with Gasteiger partial charge in [0.05, 0.1) is 11.5 Å². The first kappa shape index (κ1) is 15.5. The molecular weight excluding hydrogens is 364 g/mol. The number of sulfonamides is 1. The van der Waals surface area contributed by atoms with E-state index in [-0.39, 0.29) is 23.2 Å². The van der Waals surface area contributed by atoms with Gasteiger partial charge in [-0.2, -0.15) is 4.98 Å². The molecule has 0 aliphatic rings. The number of ether oxygens (including phenoxy) is 1. The Morgan fingerprint density at radius 2 is 2.05 bits per heavy atom. The topological polar surface area (TPSA) is 98.5 Å². The molecule has 0 aliphatic heterocycles. The monoisotopic (exact) mass is 374 g/mol. The first-order valence-corrected chi connectivity index (χ1v) is 8.11. The molecular formula is C12H11BrN2O5S. The molecule has 21 heavy (non-hydrogen) atoms. The predicted octanol–water partition coefficient (Wildman–Crippen LogP) is 2.41. The number of nitrogens with one attached hydrogen (secondary N) is 1. The summed E-state index contributed by atoms with van der Waals surface area (Å²) >= 11 is 3.22. The van der Waals surface area contributed by atoms with Crippen molar-refractivity contribution in [3.8, 4) is 0 Å². The molecule has 0 fully saturated rings. The molecule has 0 unspecified atom stereocenters. The van der Waals surface area contributed by atoms with Crippen molar-refractivity contribution in [3.05, 3.63) is 40.7 Å². The van der Waals surface area contributed by atoms with Crippen molar-refractivity contribution in [2.75, 3.05) is 11.3 Å². The largest absolute Gasteiger partial charge is 0.461 e. The Morgan fingerprint density at radius 3 is 2.67 bits per heavy atom. The number of benzene rings is 1. The molecule has 9 heteroatoms. The summed E-state index contributed by atoms with van der Waals surface area (Å²) < 4.78 is 36.7. The second-order valence-electron chi connectivity index (χ2n) is 3.82. The molecule has 0 saturated carbocycles. The Kier molecular flexibility index (Phi) is 4.63. The van der Waals surface area contributed by atoms with Crippen molar-refractivity contribution in [2.24, 2.45) is 0 Å². The lowest BCUT2D eigenvalue weighted by molar-refractivity contribution is 0.0519. The van der Waals surface area contributed by atoms with Crippen molar-refractivity contribution in [2.45, 2.75) is 11.8 Å². The fraction of sp³-hybridized carbons (Fsp3) is 0.167. The van der Waals surface area contributed by atoms with Crippen LogP contribution in [0, 0.1) is 0 Å². The molecule has 1 aromatic heterocycles. The molecule has 0 radical (unpaired) electrons. The Morgan fingerprint density at radius 1 is 1.38 bits per heavy atom. The van der Waals surface area contributed by atoms with Gasteiger partial charge in [0.1, 0.15) is 6.26 Å². The van der Waals surface area contributed by atoms with E-state index in [4.69, 9.17) is 9.15 Å². The van der Waals surface area contributed by atoms with Crippen LogP contribution in [0.5, 0.6) is 0 Å². The SMILES string of the molecule is CCOC(=O)c1coc(NS(=O)(=O)c2ccc(Br)cc2)n1. The van der Waals surface area contributed by atoms with Gasteiger partial charge in [-0.3, -0.25) is 0 Å². The van der Waals surface area contributed by atoms with Crippen molar-refractivity contribution in [3.63, 3.8) is 0 Å². The minimum Gasteiger partial charge on any atom is -0.461 e. The minimum absolute atomic E-state index is 0.0431. The van der Waals surface area contributed by atoms with Crippen LogP contribution in [0.3, 0.4) is 0 Å². The highest BCUT2D eigenvalue weighted by Crippen LogP contribution is 2.18. The first-order valence-electron chi connectivity index (χ1n) is 5.83. The fourth-order valence-electron chi connectivity index (χ4n) is 1.41. The predicted molar refractivity (Wildman–Crippen MR) is 77.4 cm³/mol. The number of nitrogens with zero attached hydrogens (tertiary/aromatic N) is 1. The number of halogens is 1. The van der Waals surface area contributed by atoms with Crippen LogP contribution in [0.25, 0.3) is 0 Å². The summed E-state index contributed by atoms with van der Waals surface area (Å²) in [6, 6.07) is 5.71. The highest BCUT2D eigenvalue weighted by Gasteiger charge is 2.19. The van der Waals surface area contributed by atoms with Crippen LogP contribution in [-0.2, 0) is 14.8 Å². The third-order valence-electron chi connectivity index (χ3n) is 2.33. The number of carbonyl (C=O) groups is 1. The number of hydrogen-bond donors (Lipinski definition) is 1. The number of aromatic nitrogens is 1. The molecule has 0 spiro atoms. The van der Waals surface area contributed by atoms with E-state index in [2.05, 4.69) is 25.6 Å². The molecule has 0 bridgehead atoms. The summed E-state index contributed by atoms with van der Waals surface area (Å²) in [5, 5.41) is 0. The van der Waals surface area contributed by atoms with E-state index in [0.717, 1.165) is 10.7 Å². The zero-order valence-electron chi connectivity index (χ0n) is 10.9. The number of carbonyl (C=O) groups excluding carboxylic acids is 1. The lowest BCUT2D eigenvalue weighted by atomic mass is 10.4. The van der Waals surface area contributed by atoms with Gasteiger partial charge in [-0.15, -0.1) is 0 Å². The molecule has 0 saturated heterocycles. The van der Waals surface area contributed by atoms with Crippen LogP contribution in [0.2, 0.25) is 0 Å². The summed E-state index contributed by atoms with van der Waals surface area (Å²) in [7, 11) is -3.83. The van der Waals surface area contributed by atoms with E-state index in [0.29, 0.717) is 0 Å². The van der Waals surface area contributed by atoms with Gasteiger partial charge < -0.3 is 9.15 Å². The molecule has 0 atom stereocenters. The van der Waals surface area contributed by atoms with Gasteiger partial charge in [-0.25, -0.2) is 17.9 Å². The highest BCUT2D eigenvalue weighted by molar-refractivity contribution is 9.10. The lowest BCUT2D eigenvalue weighted by Gasteiger charge is -2.04. The Balaban J connectivity index is 2.17. The van der Waals surface area contributed by atoms with E-state index in [1.807, 2.05) is 0 Å². The van der Waals surface area contributed by atoms with Gasteiger partial charge >= 0.3 is 12.0 Å². The Labute approximate surface area is 129 Å². The van der Waals surface area contributed by atoms with E-state index in [1.54, 1.807) is 19.1 Å². The van der Waals surface area contributed by atoms with Crippen LogP contribution in [0.15, 0.2) is 44.3 Å². The molecule has 7 nitrogen and oxygen atoms in total. The maximum absolute atomic E-state index is 12.1. The number of anilines is 1. The number of esters is 1. The number of hydrogen-bond acceptors (Lipinski definition) is 6. The van der Waals surface area contributed by atoms with Gasteiger partial charge in [-0.1, -0.05) is 15.9 Å². The second kappa shape index (κ2) is 6.27. The molecule has 1 heterocycles. The van der Waals surface area contributed by atoms with E-state index in [1.165, 1.54) is 12.1 Å². The van der Waals surface area contributed by atoms with Gasteiger partial charge in [0, 0.05) is 4.47 Å². The van der Waals surface area contributed by atoms with Crippen LogP contribution >= 0.6 is 15.9 Å². The van der Waals surface area contributed by atoms with Crippen LogP contribution < -0.4 is 4.72 Å². The molecule has 0 amide bonds. The average molecular weight is 375 g/mol. The van der Waals surface area contributed by atoms with Gasteiger partial charge in [0.25, 0.3) is 10.0 Å². The molecule has 112 valence electrons. The standard InChI is InChI=1S/C12H11BrN2O5S/c1-2-19-11(16)10-7-20-12(14-10)15-21(17,18)9-5-3-8(13)4-6-9/h3-7H,2H2,1H3,(H,14,15). The first-order chi connectivity index (χ1) is 9.92. The van der Waals surface area contributed by atoms with E-state index >= 15 is 0 Å². The Bertz CT molecular complexity index is 739. The van der Waals surface area contributed by atoms with E-state index in [9.17, 15) is 13.2 Å². The summed E-state index contributed by atoms with van der Waals surface area (Å²) in [6.07, 6.45) is 1.03. The summed E-state index contributed by atoms with van der Waals surface area (Å²) in [4.78, 5) is 15.2. The normalized spacial score (nSPS) is 11.1. The quantitative estimate of drug-likeness (QED) is 0.806. The van der Waals surface area contributed by atoms with Crippen molar-refractivity contribution in [1.29, 1.82) is 0 Å². The Hall–Kier alpha value is -1.87. The van der Waals surface area contributed by atoms with Crippen molar-refractivity contribution in [1.82, 2.24) is 4.98 Å². The highest BCUT2D eigenvalue weighted by atomic mass is 79.9. The molecule has 0 aliphatic carbocycles. The zero-order chi connectivity index (χ0) is 15.5.